The number of ketones is 1. The Hall–Kier alpha value is -3.55. The fourth-order valence-corrected chi connectivity index (χ4v) is 2.66. The maximum absolute atomic E-state index is 13.0. The first-order chi connectivity index (χ1) is 13.8. The van der Waals surface area contributed by atoms with Crippen molar-refractivity contribution in [3.8, 4) is 11.5 Å². The molecule has 150 valence electrons. The van der Waals surface area contributed by atoms with Crippen molar-refractivity contribution in [3.05, 3.63) is 70.5 Å². The van der Waals surface area contributed by atoms with E-state index in [1.54, 1.807) is 24.3 Å². The lowest BCUT2D eigenvalue weighted by molar-refractivity contribution is -0.116. The van der Waals surface area contributed by atoms with E-state index >= 15 is 0 Å². The van der Waals surface area contributed by atoms with Gasteiger partial charge in [-0.3, -0.25) is 9.59 Å². The van der Waals surface area contributed by atoms with E-state index in [1.807, 2.05) is 13.8 Å². The molecule has 0 saturated heterocycles. The first-order valence-electron chi connectivity index (χ1n) is 9.09. The number of Topliss-reactive ketones (excluding diaryl/α,β-unsaturated/α-hetero) is 1. The van der Waals surface area contributed by atoms with Crippen molar-refractivity contribution in [3.63, 3.8) is 0 Å². The average Bonchev–Trinajstić information content (AvgIpc) is 3.02. The Morgan fingerprint density at radius 3 is 2.38 bits per heavy atom. The smallest absolute Gasteiger partial charge is 0.388 e. The summed E-state index contributed by atoms with van der Waals surface area (Å²) in [5.41, 5.74) is 1.38. The Bertz CT molecular complexity index is 1070. The summed E-state index contributed by atoms with van der Waals surface area (Å²) in [7, 11) is 0. The van der Waals surface area contributed by atoms with Gasteiger partial charge < -0.3 is 9.73 Å². The highest BCUT2D eigenvalue weighted by Crippen LogP contribution is 2.16. The first-order valence-corrected chi connectivity index (χ1v) is 9.09. The number of hydrogen-bond donors (Lipinski definition) is 1. The van der Waals surface area contributed by atoms with Crippen molar-refractivity contribution < 1.29 is 18.4 Å². The summed E-state index contributed by atoms with van der Waals surface area (Å²) >= 11 is 0. The molecule has 0 atom stereocenters. The molecule has 0 spiro atoms. The standard InChI is InChI=1S/C21H20FN3O4/c1-13(2)11-19(27)23-17-9-5-14(6-10-17)18(26)12-25-21(28)29-20(24-25)15-3-7-16(22)8-4-15/h3-10,13H,11-12H2,1-2H3,(H,23,27). The number of carbonyl (C=O) groups is 2. The van der Waals surface area contributed by atoms with Gasteiger partial charge in [-0.25, -0.2) is 9.18 Å². The molecule has 0 fully saturated rings. The normalized spacial score (nSPS) is 10.9. The van der Waals surface area contributed by atoms with Crippen LogP contribution in [0.1, 0.15) is 30.6 Å². The molecule has 8 heteroatoms. The van der Waals surface area contributed by atoms with Crippen LogP contribution in [0.4, 0.5) is 10.1 Å². The average molecular weight is 397 g/mol. The third-order valence-electron chi connectivity index (χ3n) is 4.08. The topological polar surface area (TPSA) is 94.2 Å². The number of nitrogens with one attached hydrogen (secondary N) is 1. The maximum Gasteiger partial charge on any atom is 0.437 e. The minimum atomic E-state index is -0.782. The Morgan fingerprint density at radius 1 is 1.10 bits per heavy atom. The van der Waals surface area contributed by atoms with Crippen LogP contribution in [0.3, 0.4) is 0 Å². The van der Waals surface area contributed by atoms with E-state index in [-0.39, 0.29) is 30.0 Å². The van der Waals surface area contributed by atoms with E-state index in [4.69, 9.17) is 4.42 Å². The van der Waals surface area contributed by atoms with E-state index in [0.717, 1.165) is 4.68 Å². The molecule has 0 aliphatic heterocycles. The van der Waals surface area contributed by atoms with E-state index in [9.17, 15) is 18.8 Å². The Kier molecular flexibility index (Phi) is 6.01. The van der Waals surface area contributed by atoms with Crippen LogP contribution in [0, 0.1) is 11.7 Å². The van der Waals surface area contributed by atoms with Crippen molar-refractivity contribution in [2.75, 3.05) is 5.32 Å². The van der Waals surface area contributed by atoms with Crippen LogP contribution in [0.2, 0.25) is 0 Å². The summed E-state index contributed by atoms with van der Waals surface area (Å²) < 4.78 is 19.0. The maximum atomic E-state index is 13.0. The summed E-state index contributed by atoms with van der Waals surface area (Å²) in [6, 6.07) is 11.7. The number of benzene rings is 2. The monoisotopic (exact) mass is 397 g/mol. The van der Waals surface area contributed by atoms with E-state index in [2.05, 4.69) is 10.4 Å². The third-order valence-corrected chi connectivity index (χ3v) is 4.08. The van der Waals surface area contributed by atoms with Gasteiger partial charge in [-0.05, 0) is 54.4 Å². The van der Waals surface area contributed by atoms with E-state index < -0.39 is 11.6 Å². The van der Waals surface area contributed by atoms with Crippen molar-refractivity contribution in [2.45, 2.75) is 26.8 Å². The number of nitrogens with zero attached hydrogens (tertiary/aromatic N) is 2. The molecular formula is C21H20FN3O4. The summed E-state index contributed by atoms with van der Waals surface area (Å²) in [5.74, 6) is -1.39. The largest absolute Gasteiger partial charge is 0.437 e. The van der Waals surface area contributed by atoms with Gasteiger partial charge in [0.1, 0.15) is 12.4 Å². The highest BCUT2D eigenvalue weighted by atomic mass is 19.1. The van der Waals surface area contributed by atoms with Gasteiger partial charge in [-0.2, -0.15) is 4.68 Å². The van der Waals surface area contributed by atoms with Gasteiger partial charge in [0.15, 0.2) is 5.78 Å². The highest BCUT2D eigenvalue weighted by molar-refractivity contribution is 5.97. The molecule has 1 N–H and O–H groups in total. The van der Waals surface area contributed by atoms with Gasteiger partial charge >= 0.3 is 5.76 Å². The third kappa shape index (κ3) is 5.25. The van der Waals surface area contributed by atoms with Crippen molar-refractivity contribution in [1.82, 2.24) is 9.78 Å². The van der Waals surface area contributed by atoms with Crippen LogP contribution in [0.25, 0.3) is 11.5 Å². The summed E-state index contributed by atoms with van der Waals surface area (Å²) in [4.78, 5) is 36.2. The predicted molar refractivity (Wildman–Crippen MR) is 105 cm³/mol. The quantitative estimate of drug-likeness (QED) is 0.616. The predicted octanol–water partition coefficient (Wildman–Crippen LogP) is 3.51. The summed E-state index contributed by atoms with van der Waals surface area (Å²) in [6.45, 7) is 3.60. The molecule has 0 radical (unpaired) electrons. The molecule has 7 nitrogen and oxygen atoms in total. The molecular weight excluding hydrogens is 377 g/mol. The lowest BCUT2D eigenvalue weighted by atomic mass is 10.1. The number of amides is 1. The molecule has 1 amide bonds. The lowest BCUT2D eigenvalue weighted by Gasteiger charge is -2.07. The summed E-state index contributed by atoms with van der Waals surface area (Å²) in [6.07, 6.45) is 0.409. The molecule has 29 heavy (non-hydrogen) atoms. The highest BCUT2D eigenvalue weighted by Gasteiger charge is 2.15. The second-order valence-electron chi connectivity index (χ2n) is 6.98. The molecule has 0 unspecified atom stereocenters. The van der Waals surface area contributed by atoms with Gasteiger partial charge in [-0.1, -0.05) is 13.8 Å². The van der Waals surface area contributed by atoms with Crippen LogP contribution < -0.4 is 11.1 Å². The number of hydrogen-bond acceptors (Lipinski definition) is 5. The number of anilines is 1. The van der Waals surface area contributed by atoms with Crippen molar-refractivity contribution >= 4 is 17.4 Å². The fraction of sp³-hybridized carbons (Fsp3) is 0.238. The van der Waals surface area contributed by atoms with Gasteiger partial charge in [0.2, 0.25) is 11.8 Å². The minimum absolute atomic E-state index is 0.00557. The van der Waals surface area contributed by atoms with Gasteiger partial charge in [0, 0.05) is 23.2 Å². The molecule has 3 rings (SSSR count). The zero-order valence-electron chi connectivity index (χ0n) is 16.0. The van der Waals surface area contributed by atoms with E-state index in [0.29, 0.717) is 23.2 Å². The van der Waals surface area contributed by atoms with Crippen molar-refractivity contribution in [2.24, 2.45) is 5.92 Å². The van der Waals surface area contributed by atoms with Crippen LogP contribution >= 0.6 is 0 Å². The SMILES string of the molecule is CC(C)CC(=O)Nc1ccc(C(=O)Cn2nc(-c3ccc(F)cc3)oc2=O)cc1. The molecule has 3 aromatic rings. The van der Waals surface area contributed by atoms with Gasteiger partial charge in [0.05, 0.1) is 0 Å². The first kappa shape index (κ1) is 20.2. The lowest BCUT2D eigenvalue weighted by Crippen LogP contribution is -2.21. The molecule has 1 aromatic heterocycles. The number of aromatic nitrogens is 2. The zero-order chi connectivity index (χ0) is 21.0. The second kappa shape index (κ2) is 8.64. The molecule has 0 aliphatic rings. The molecule has 0 saturated carbocycles. The van der Waals surface area contributed by atoms with Crippen LogP contribution in [-0.2, 0) is 11.3 Å². The van der Waals surface area contributed by atoms with Gasteiger partial charge in [0.25, 0.3) is 0 Å². The molecule has 1 heterocycles. The zero-order valence-corrected chi connectivity index (χ0v) is 16.0. The Morgan fingerprint density at radius 2 is 1.76 bits per heavy atom. The summed E-state index contributed by atoms with van der Waals surface area (Å²) in [5, 5.41) is 6.76. The Labute approximate surface area is 166 Å². The number of carbonyl (C=O) groups excluding carboxylic acids is 2. The number of halogens is 1. The Balaban J connectivity index is 1.68. The fourth-order valence-electron chi connectivity index (χ4n) is 2.66. The van der Waals surface area contributed by atoms with E-state index in [1.165, 1.54) is 24.3 Å². The van der Waals surface area contributed by atoms with Crippen LogP contribution in [0.5, 0.6) is 0 Å². The van der Waals surface area contributed by atoms with Crippen molar-refractivity contribution in [1.29, 1.82) is 0 Å². The molecule has 0 aliphatic carbocycles. The van der Waals surface area contributed by atoms with Gasteiger partial charge in [-0.15, -0.1) is 5.10 Å². The molecule has 2 aromatic carbocycles. The number of rotatable bonds is 7. The second-order valence-corrected chi connectivity index (χ2v) is 6.98. The minimum Gasteiger partial charge on any atom is -0.388 e. The van der Waals surface area contributed by atoms with Crippen LogP contribution in [0.15, 0.2) is 57.7 Å². The van der Waals surface area contributed by atoms with Crippen LogP contribution in [-0.4, -0.2) is 21.5 Å². The molecule has 0 bridgehead atoms.